The van der Waals surface area contributed by atoms with Crippen LogP contribution in [-0.2, 0) is 0 Å². The molecule has 1 aliphatic carbocycles. The Morgan fingerprint density at radius 1 is 1.40 bits per heavy atom. The monoisotopic (exact) mass is 212 g/mol. The number of carboxylic acid groups (broad SMARTS) is 1. The molecule has 1 aromatic carbocycles. The molecule has 1 N–H and O–H groups in total. The van der Waals surface area contributed by atoms with Gasteiger partial charge in [-0.3, -0.25) is 0 Å². The number of carbonyl (C=O) groups is 1. The molecule has 0 aromatic heterocycles. The van der Waals surface area contributed by atoms with Gasteiger partial charge < -0.3 is 5.11 Å². The van der Waals surface area contributed by atoms with Crippen molar-refractivity contribution in [2.45, 2.75) is 24.7 Å². The van der Waals surface area contributed by atoms with E-state index in [9.17, 15) is 13.6 Å². The molecule has 2 nitrogen and oxygen atoms in total. The van der Waals surface area contributed by atoms with Gasteiger partial charge in [-0.25, -0.2) is 13.6 Å². The molecule has 0 saturated heterocycles. The van der Waals surface area contributed by atoms with Crippen LogP contribution < -0.4 is 0 Å². The predicted molar refractivity (Wildman–Crippen MR) is 50.3 cm³/mol. The quantitative estimate of drug-likeness (QED) is 0.818. The average molecular weight is 212 g/mol. The zero-order valence-electron chi connectivity index (χ0n) is 7.91. The number of rotatable bonds is 2. The van der Waals surface area contributed by atoms with Crippen LogP contribution in [0.5, 0.6) is 0 Å². The van der Waals surface area contributed by atoms with Crippen LogP contribution in [0.1, 0.15) is 34.7 Å². The summed E-state index contributed by atoms with van der Waals surface area (Å²) in [5.41, 5.74) is 0.851. The first-order chi connectivity index (χ1) is 6.98. The number of carboxylic acids is 1. The number of alkyl halides is 2. The first-order valence-corrected chi connectivity index (χ1v) is 4.69. The third-order valence-corrected chi connectivity index (χ3v) is 2.70. The van der Waals surface area contributed by atoms with Crippen molar-refractivity contribution in [1.29, 1.82) is 0 Å². The fourth-order valence-electron chi connectivity index (χ4n) is 1.82. The van der Waals surface area contributed by atoms with E-state index in [2.05, 4.69) is 0 Å². The maximum absolute atomic E-state index is 12.6. The third-order valence-electron chi connectivity index (χ3n) is 2.70. The van der Waals surface area contributed by atoms with Gasteiger partial charge in [-0.2, -0.15) is 0 Å². The molecule has 1 fully saturated rings. The van der Waals surface area contributed by atoms with Crippen LogP contribution in [0.25, 0.3) is 0 Å². The van der Waals surface area contributed by atoms with Gasteiger partial charge in [-0.15, -0.1) is 0 Å². The topological polar surface area (TPSA) is 37.3 Å². The second-order valence-electron chi connectivity index (χ2n) is 3.89. The highest BCUT2D eigenvalue weighted by molar-refractivity contribution is 5.87. The largest absolute Gasteiger partial charge is 0.478 e. The van der Waals surface area contributed by atoms with Crippen LogP contribution in [0, 0.1) is 0 Å². The van der Waals surface area contributed by atoms with E-state index in [0.29, 0.717) is 5.56 Å². The van der Waals surface area contributed by atoms with Crippen molar-refractivity contribution in [3.05, 3.63) is 35.4 Å². The Hall–Kier alpha value is -1.45. The molecular formula is C11H10F2O2. The molecule has 4 heteroatoms. The highest BCUT2D eigenvalue weighted by atomic mass is 19.3. The van der Waals surface area contributed by atoms with Gasteiger partial charge in [0.1, 0.15) is 0 Å². The summed E-state index contributed by atoms with van der Waals surface area (Å²) in [6.45, 7) is 0. The first-order valence-electron chi connectivity index (χ1n) is 4.69. The number of halogens is 2. The molecule has 0 bridgehead atoms. The maximum Gasteiger partial charge on any atom is 0.335 e. The molecule has 0 radical (unpaired) electrons. The van der Waals surface area contributed by atoms with E-state index in [1.807, 2.05) is 0 Å². The minimum absolute atomic E-state index is 0.155. The Labute approximate surface area is 85.5 Å². The summed E-state index contributed by atoms with van der Waals surface area (Å²) in [6, 6.07) is 6.23. The molecule has 2 rings (SSSR count). The molecule has 1 saturated carbocycles. The average Bonchev–Trinajstić information content (AvgIpc) is 2.14. The van der Waals surface area contributed by atoms with Crippen molar-refractivity contribution in [3.8, 4) is 0 Å². The molecule has 0 unspecified atom stereocenters. The minimum Gasteiger partial charge on any atom is -0.478 e. The summed E-state index contributed by atoms with van der Waals surface area (Å²) in [4.78, 5) is 10.7. The summed E-state index contributed by atoms with van der Waals surface area (Å²) < 4.78 is 25.2. The predicted octanol–water partition coefficient (Wildman–Crippen LogP) is 2.90. The molecule has 1 aliphatic rings. The lowest BCUT2D eigenvalue weighted by molar-refractivity contribution is -0.0867. The molecule has 15 heavy (non-hydrogen) atoms. The summed E-state index contributed by atoms with van der Waals surface area (Å²) in [5.74, 6) is -3.79. The van der Waals surface area contributed by atoms with E-state index in [4.69, 9.17) is 5.11 Å². The number of hydrogen-bond acceptors (Lipinski definition) is 1. The van der Waals surface area contributed by atoms with Gasteiger partial charge in [0.15, 0.2) is 0 Å². The van der Waals surface area contributed by atoms with Crippen LogP contribution in [0.15, 0.2) is 24.3 Å². The molecular weight excluding hydrogens is 202 g/mol. The second kappa shape index (κ2) is 3.29. The summed E-state index contributed by atoms with van der Waals surface area (Å²) >= 11 is 0. The maximum atomic E-state index is 12.6. The van der Waals surface area contributed by atoms with Gasteiger partial charge in [0.25, 0.3) is 0 Å². The Balaban J connectivity index is 2.17. The van der Waals surface area contributed by atoms with Gasteiger partial charge in [0.2, 0.25) is 5.92 Å². The highest BCUT2D eigenvalue weighted by Crippen LogP contribution is 2.48. The normalized spacial score (nSPS) is 19.6. The Bertz CT molecular complexity index is 393. The summed E-state index contributed by atoms with van der Waals surface area (Å²) in [5, 5.41) is 8.74. The second-order valence-corrected chi connectivity index (χ2v) is 3.89. The zero-order valence-corrected chi connectivity index (χ0v) is 7.91. The summed E-state index contributed by atoms with van der Waals surface area (Å²) in [7, 11) is 0. The van der Waals surface area contributed by atoms with Gasteiger partial charge in [-0.05, 0) is 23.6 Å². The van der Waals surface area contributed by atoms with Crippen molar-refractivity contribution in [2.24, 2.45) is 0 Å². The smallest absolute Gasteiger partial charge is 0.335 e. The molecule has 1 aromatic rings. The highest BCUT2D eigenvalue weighted by Gasteiger charge is 2.45. The Kier molecular flexibility index (Phi) is 2.21. The lowest BCUT2D eigenvalue weighted by atomic mass is 9.76. The zero-order chi connectivity index (χ0) is 11.1. The number of hydrogen-bond donors (Lipinski definition) is 1. The van der Waals surface area contributed by atoms with Crippen LogP contribution in [0.2, 0.25) is 0 Å². The number of benzene rings is 1. The van der Waals surface area contributed by atoms with Crippen LogP contribution in [-0.4, -0.2) is 17.0 Å². The van der Waals surface area contributed by atoms with Crippen molar-refractivity contribution >= 4 is 5.97 Å². The lowest BCUT2D eigenvalue weighted by Crippen LogP contribution is -2.33. The first kappa shape index (κ1) is 10.1. The van der Waals surface area contributed by atoms with E-state index in [1.54, 1.807) is 12.1 Å². The molecule has 0 atom stereocenters. The van der Waals surface area contributed by atoms with E-state index in [1.165, 1.54) is 12.1 Å². The van der Waals surface area contributed by atoms with E-state index >= 15 is 0 Å². The molecule has 80 valence electrons. The van der Waals surface area contributed by atoms with Crippen LogP contribution in [0.3, 0.4) is 0 Å². The fourth-order valence-corrected chi connectivity index (χ4v) is 1.82. The van der Waals surface area contributed by atoms with Crippen molar-refractivity contribution in [2.75, 3.05) is 0 Å². The Morgan fingerprint density at radius 3 is 2.60 bits per heavy atom. The minimum atomic E-state index is -2.57. The number of aromatic carboxylic acids is 1. The van der Waals surface area contributed by atoms with Gasteiger partial charge in [0.05, 0.1) is 5.56 Å². The Morgan fingerprint density at radius 2 is 2.07 bits per heavy atom. The van der Waals surface area contributed by atoms with Crippen molar-refractivity contribution < 1.29 is 18.7 Å². The van der Waals surface area contributed by atoms with Crippen LogP contribution >= 0.6 is 0 Å². The SMILES string of the molecule is O=C(O)c1cccc(C2CC(F)(F)C2)c1. The van der Waals surface area contributed by atoms with Gasteiger partial charge in [0, 0.05) is 12.8 Å². The standard InChI is InChI=1S/C11H10F2O2/c12-11(13)5-9(6-11)7-2-1-3-8(4-7)10(14)15/h1-4,9H,5-6H2,(H,14,15). The molecule has 0 amide bonds. The van der Waals surface area contributed by atoms with Crippen LogP contribution in [0.4, 0.5) is 8.78 Å². The van der Waals surface area contributed by atoms with Crippen molar-refractivity contribution in [1.82, 2.24) is 0 Å². The molecule has 0 heterocycles. The third kappa shape index (κ3) is 1.98. The van der Waals surface area contributed by atoms with E-state index in [-0.39, 0.29) is 24.3 Å². The fraction of sp³-hybridized carbons (Fsp3) is 0.364. The van der Waals surface area contributed by atoms with Gasteiger partial charge in [-0.1, -0.05) is 12.1 Å². The lowest BCUT2D eigenvalue weighted by Gasteiger charge is -2.35. The van der Waals surface area contributed by atoms with E-state index in [0.717, 1.165) is 0 Å². The molecule has 0 aliphatic heterocycles. The van der Waals surface area contributed by atoms with Crippen molar-refractivity contribution in [3.63, 3.8) is 0 Å². The molecule has 0 spiro atoms. The van der Waals surface area contributed by atoms with E-state index < -0.39 is 11.9 Å². The van der Waals surface area contributed by atoms with Gasteiger partial charge >= 0.3 is 5.97 Å². The summed E-state index contributed by atoms with van der Waals surface area (Å²) in [6.07, 6.45) is -0.341.